The molecule has 3 heterocycles. The van der Waals surface area contributed by atoms with Crippen LogP contribution in [-0.4, -0.2) is 42.2 Å². The van der Waals surface area contributed by atoms with Crippen LogP contribution in [0.15, 0.2) is 18.3 Å². The smallest absolute Gasteiger partial charge is 0.255 e. The number of aliphatic hydroxyl groups is 1. The molecule has 1 N–H and O–H groups in total. The lowest BCUT2D eigenvalue weighted by atomic mass is 10.1. The number of rotatable bonds is 3. The van der Waals surface area contributed by atoms with Crippen molar-refractivity contribution in [3.63, 3.8) is 0 Å². The third-order valence-electron chi connectivity index (χ3n) is 4.21. The minimum Gasteiger partial charge on any atom is -0.382 e. The molecule has 0 saturated heterocycles. The summed E-state index contributed by atoms with van der Waals surface area (Å²) in [5.74, 6) is 1.51. The Morgan fingerprint density at radius 2 is 2.00 bits per heavy atom. The number of amides is 1. The van der Waals surface area contributed by atoms with Gasteiger partial charge in [-0.05, 0) is 31.9 Å². The van der Waals surface area contributed by atoms with Crippen molar-refractivity contribution in [1.29, 1.82) is 0 Å². The van der Waals surface area contributed by atoms with Crippen LogP contribution in [0, 0.1) is 0 Å². The van der Waals surface area contributed by atoms with Crippen LogP contribution < -0.4 is 0 Å². The number of fused-ring (bicyclic) bond motifs is 1. The standard InChI is InChI=1S/C17H23N5O2/c1-11(2)13-6-5-12(9-18-13)15(23)21-7-8-22-14(10-21)19-20-16(22)17(3,4)24/h5-6,9,11,24H,7-8,10H2,1-4H3. The summed E-state index contributed by atoms with van der Waals surface area (Å²) in [6.45, 7) is 9.02. The van der Waals surface area contributed by atoms with E-state index in [1.807, 2.05) is 16.7 Å². The molecular weight excluding hydrogens is 306 g/mol. The molecule has 0 unspecified atom stereocenters. The largest absolute Gasteiger partial charge is 0.382 e. The van der Waals surface area contributed by atoms with Gasteiger partial charge in [0, 0.05) is 25.0 Å². The second-order valence-electron chi connectivity index (χ2n) is 7.00. The summed E-state index contributed by atoms with van der Waals surface area (Å²) in [7, 11) is 0. The van der Waals surface area contributed by atoms with Gasteiger partial charge in [0.15, 0.2) is 11.6 Å². The van der Waals surface area contributed by atoms with E-state index in [-0.39, 0.29) is 5.91 Å². The SMILES string of the molecule is CC(C)c1ccc(C(=O)N2CCn3c(nnc3C(C)(C)O)C2)cn1. The van der Waals surface area contributed by atoms with E-state index in [1.165, 1.54) is 0 Å². The van der Waals surface area contributed by atoms with E-state index in [1.54, 1.807) is 24.9 Å². The van der Waals surface area contributed by atoms with E-state index in [4.69, 9.17) is 0 Å². The van der Waals surface area contributed by atoms with Crippen molar-refractivity contribution < 1.29 is 9.90 Å². The summed E-state index contributed by atoms with van der Waals surface area (Å²) in [5, 5.41) is 18.4. The molecule has 2 aromatic rings. The van der Waals surface area contributed by atoms with Crippen LogP contribution in [0.2, 0.25) is 0 Å². The highest BCUT2D eigenvalue weighted by Crippen LogP contribution is 2.22. The van der Waals surface area contributed by atoms with Crippen molar-refractivity contribution in [1.82, 2.24) is 24.6 Å². The Balaban J connectivity index is 1.78. The Labute approximate surface area is 141 Å². The molecule has 1 amide bonds. The highest BCUT2D eigenvalue weighted by atomic mass is 16.3. The van der Waals surface area contributed by atoms with Gasteiger partial charge in [0.1, 0.15) is 5.60 Å². The lowest BCUT2D eigenvalue weighted by Crippen LogP contribution is -2.39. The van der Waals surface area contributed by atoms with E-state index in [9.17, 15) is 9.90 Å². The predicted octanol–water partition coefficient (Wildman–Crippen LogP) is 1.68. The van der Waals surface area contributed by atoms with Crippen molar-refractivity contribution in [2.45, 2.75) is 52.3 Å². The minimum atomic E-state index is -1.05. The number of hydrogen-bond donors (Lipinski definition) is 1. The molecule has 0 aromatic carbocycles. The van der Waals surface area contributed by atoms with Gasteiger partial charge in [0.25, 0.3) is 5.91 Å². The van der Waals surface area contributed by atoms with Crippen molar-refractivity contribution in [3.8, 4) is 0 Å². The molecule has 7 nitrogen and oxygen atoms in total. The zero-order valence-electron chi connectivity index (χ0n) is 14.5. The van der Waals surface area contributed by atoms with E-state index in [0.29, 0.717) is 42.8 Å². The first-order valence-corrected chi connectivity index (χ1v) is 8.17. The first-order chi connectivity index (χ1) is 11.3. The van der Waals surface area contributed by atoms with Gasteiger partial charge in [-0.3, -0.25) is 9.78 Å². The van der Waals surface area contributed by atoms with Gasteiger partial charge < -0.3 is 14.6 Å². The van der Waals surface area contributed by atoms with Crippen LogP contribution in [0.5, 0.6) is 0 Å². The second-order valence-corrected chi connectivity index (χ2v) is 7.00. The zero-order valence-corrected chi connectivity index (χ0v) is 14.5. The zero-order chi connectivity index (χ0) is 17.5. The monoisotopic (exact) mass is 329 g/mol. The van der Waals surface area contributed by atoms with Crippen molar-refractivity contribution in [2.75, 3.05) is 6.54 Å². The molecule has 24 heavy (non-hydrogen) atoms. The van der Waals surface area contributed by atoms with Gasteiger partial charge in [-0.1, -0.05) is 13.8 Å². The molecule has 1 aliphatic heterocycles. The topological polar surface area (TPSA) is 84.1 Å². The molecule has 2 aromatic heterocycles. The summed E-state index contributed by atoms with van der Waals surface area (Å²) in [6.07, 6.45) is 1.64. The Kier molecular flexibility index (Phi) is 4.13. The van der Waals surface area contributed by atoms with Crippen LogP contribution in [0.4, 0.5) is 0 Å². The summed E-state index contributed by atoms with van der Waals surface area (Å²) >= 11 is 0. The fraction of sp³-hybridized carbons (Fsp3) is 0.529. The Morgan fingerprint density at radius 3 is 2.58 bits per heavy atom. The molecule has 0 atom stereocenters. The van der Waals surface area contributed by atoms with Gasteiger partial charge in [-0.2, -0.15) is 0 Å². The van der Waals surface area contributed by atoms with E-state index >= 15 is 0 Å². The van der Waals surface area contributed by atoms with Crippen LogP contribution in [0.3, 0.4) is 0 Å². The average Bonchev–Trinajstić information content (AvgIpc) is 2.97. The van der Waals surface area contributed by atoms with Gasteiger partial charge in [-0.15, -0.1) is 10.2 Å². The van der Waals surface area contributed by atoms with Crippen molar-refractivity contribution in [2.24, 2.45) is 0 Å². The lowest BCUT2D eigenvalue weighted by Gasteiger charge is -2.29. The van der Waals surface area contributed by atoms with Crippen molar-refractivity contribution in [3.05, 3.63) is 41.2 Å². The van der Waals surface area contributed by atoms with Gasteiger partial charge in [0.2, 0.25) is 0 Å². The number of carbonyl (C=O) groups is 1. The van der Waals surface area contributed by atoms with Crippen LogP contribution in [-0.2, 0) is 18.7 Å². The number of carbonyl (C=O) groups excluding carboxylic acids is 1. The minimum absolute atomic E-state index is 0.0585. The van der Waals surface area contributed by atoms with E-state index < -0.39 is 5.60 Å². The fourth-order valence-corrected chi connectivity index (χ4v) is 2.84. The number of hydrogen-bond acceptors (Lipinski definition) is 5. The maximum absolute atomic E-state index is 12.7. The summed E-state index contributed by atoms with van der Waals surface area (Å²) in [5.41, 5.74) is 0.503. The van der Waals surface area contributed by atoms with Gasteiger partial charge >= 0.3 is 0 Å². The molecule has 0 aliphatic carbocycles. The summed E-state index contributed by atoms with van der Waals surface area (Å²) < 4.78 is 1.89. The Morgan fingerprint density at radius 1 is 1.25 bits per heavy atom. The quantitative estimate of drug-likeness (QED) is 0.926. The highest BCUT2D eigenvalue weighted by Gasteiger charge is 2.30. The van der Waals surface area contributed by atoms with Gasteiger partial charge in [0.05, 0.1) is 12.1 Å². The fourth-order valence-electron chi connectivity index (χ4n) is 2.84. The Bertz CT molecular complexity index is 743. The molecule has 1 aliphatic rings. The number of pyridine rings is 1. The maximum atomic E-state index is 12.7. The summed E-state index contributed by atoms with van der Waals surface area (Å²) in [4.78, 5) is 18.8. The molecule has 0 fully saturated rings. The third kappa shape index (κ3) is 3.03. The molecule has 128 valence electrons. The molecule has 3 rings (SSSR count). The van der Waals surface area contributed by atoms with Crippen LogP contribution in [0.25, 0.3) is 0 Å². The normalized spacial score (nSPS) is 14.8. The van der Waals surface area contributed by atoms with Crippen molar-refractivity contribution >= 4 is 5.91 Å². The molecule has 0 saturated carbocycles. The number of nitrogens with zero attached hydrogens (tertiary/aromatic N) is 5. The molecule has 0 spiro atoms. The molecular formula is C17H23N5O2. The van der Waals surface area contributed by atoms with E-state index in [2.05, 4.69) is 29.0 Å². The third-order valence-corrected chi connectivity index (χ3v) is 4.21. The molecule has 0 bridgehead atoms. The Hall–Kier alpha value is -2.28. The summed E-state index contributed by atoms with van der Waals surface area (Å²) in [6, 6.07) is 3.73. The van der Waals surface area contributed by atoms with Gasteiger partial charge in [-0.25, -0.2) is 0 Å². The van der Waals surface area contributed by atoms with Crippen LogP contribution >= 0.6 is 0 Å². The molecule has 7 heteroatoms. The maximum Gasteiger partial charge on any atom is 0.255 e. The first kappa shape index (κ1) is 16.6. The highest BCUT2D eigenvalue weighted by molar-refractivity contribution is 5.93. The predicted molar refractivity (Wildman–Crippen MR) is 88.3 cm³/mol. The second kappa shape index (κ2) is 5.98. The van der Waals surface area contributed by atoms with Crippen LogP contribution in [0.1, 0.15) is 61.3 Å². The van der Waals surface area contributed by atoms with E-state index in [0.717, 1.165) is 5.69 Å². The number of aromatic nitrogens is 4. The first-order valence-electron chi connectivity index (χ1n) is 8.17. The lowest BCUT2D eigenvalue weighted by molar-refractivity contribution is 0.0589. The average molecular weight is 329 g/mol. The molecule has 0 radical (unpaired) electrons.